The third-order valence-electron chi connectivity index (χ3n) is 4.41. The molecule has 0 amide bonds. The summed E-state index contributed by atoms with van der Waals surface area (Å²) >= 11 is 6.37. The van der Waals surface area contributed by atoms with Gasteiger partial charge in [-0.15, -0.1) is 0 Å². The normalized spacial score (nSPS) is 16.2. The number of hydrogen-bond donors (Lipinski definition) is 1. The smallest absolute Gasteiger partial charge is 0.327 e. The van der Waals surface area contributed by atoms with Gasteiger partial charge in [-0.2, -0.15) is 4.39 Å². The van der Waals surface area contributed by atoms with Gasteiger partial charge in [-0.1, -0.05) is 35.9 Å². The van der Waals surface area contributed by atoms with Crippen LogP contribution in [-0.4, -0.2) is 42.7 Å². The lowest BCUT2D eigenvalue weighted by molar-refractivity contribution is -0.386. The molecule has 0 radical (unpaired) electrons. The first kappa shape index (κ1) is 18.6. The molecule has 8 heteroatoms. The number of nitro groups is 1. The number of para-hydroxylation sites is 1. The van der Waals surface area contributed by atoms with E-state index in [1.165, 1.54) is 12.1 Å². The lowest BCUT2D eigenvalue weighted by Crippen LogP contribution is -2.41. The zero-order valence-electron chi connectivity index (χ0n) is 14.0. The second kappa shape index (κ2) is 8.44. The maximum atomic E-state index is 13.8. The SMILES string of the molecule is O=[N+]([O-])c1c(F)cccc1NC[C@H](c1ccccc1Cl)N1CCOCC1. The van der Waals surface area contributed by atoms with E-state index < -0.39 is 16.4 Å². The Balaban J connectivity index is 1.86. The van der Waals surface area contributed by atoms with E-state index in [-0.39, 0.29) is 11.7 Å². The fourth-order valence-corrected chi connectivity index (χ4v) is 3.38. The summed E-state index contributed by atoms with van der Waals surface area (Å²) in [6.45, 7) is 3.03. The van der Waals surface area contributed by atoms with E-state index in [1.54, 1.807) is 0 Å². The molecule has 2 aromatic carbocycles. The number of ether oxygens (including phenoxy) is 1. The number of benzene rings is 2. The minimum Gasteiger partial charge on any atom is -0.379 e. The lowest BCUT2D eigenvalue weighted by Gasteiger charge is -2.35. The molecular formula is C18H19ClFN3O3. The van der Waals surface area contributed by atoms with E-state index in [1.807, 2.05) is 24.3 Å². The molecule has 0 unspecified atom stereocenters. The van der Waals surface area contributed by atoms with Crippen molar-refractivity contribution < 1.29 is 14.1 Å². The number of morpholine rings is 1. The Bertz CT molecular complexity index is 784. The molecule has 2 aromatic rings. The molecule has 6 nitrogen and oxygen atoms in total. The first-order valence-electron chi connectivity index (χ1n) is 8.31. The highest BCUT2D eigenvalue weighted by Crippen LogP contribution is 2.31. The average Bonchev–Trinajstić information content (AvgIpc) is 2.64. The van der Waals surface area contributed by atoms with Crippen LogP contribution in [0.5, 0.6) is 0 Å². The second-order valence-electron chi connectivity index (χ2n) is 5.96. The summed E-state index contributed by atoms with van der Waals surface area (Å²) in [5.74, 6) is -0.860. The number of hydrogen-bond acceptors (Lipinski definition) is 5. The van der Waals surface area contributed by atoms with E-state index in [9.17, 15) is 14.5 Å². The lowest BCUT2D eigenvalue weighted by atomic mass is 10.0. The van der Waals surface area contributed by atoms with Crippen LogP contribution in [0.25, 0.3) is 0 Å². The molecule has 0 spiro atoms. The predicted molar refractivity (Wildman–Crippen MR) is 98.1 cm³/mol. The van der Waals surface area contributed by atoms with Crippen LogP contribution >= 0.6 is 11.6 Å². The molecule has 3 rings (SSSR count). The monoisotopic (exact) mass is 379 g/mol. The molecule has 1 aliphatic rings. The van der Waals surface area contributed by atoms with Crippen LogP contribution in [0.2, 0.25) is 5.02 Å². The molecule has 26 heavy (non-hydrogen) atoms. The summed E-state index contributed by atoms with van der Waals surface area (Å²) < 4.78 is 19.2. The van der Waals surface area contributed by atoms with Crippen molar-refractivity contribution in [1.29, 1.82) is 0 Å². The summed E-state index contributed by atoms with van der Waals surface area (Å²) in [6.07, 6.45) is 0. The predicted octanol–water partition coefficient (Wildman–Crippen LogP) is 3.87. The van der Waals surface area contributed by atoms with E-state index in [2.05, 4.69) is 10.2 Å². The van der Waals surface area contributed by atoms with Crippen LogP contribution in [0.1, 0.15) is 11.6 Å². The van der Waals surface area contributed by atoms with E-state index >= 15 is 0 Å². The van der Waals surface area contributed by atoms with Crippen molar-refractivity contribution >= 4 is 23.0 Å². The van der Waals surface area contributed by atoms with Gasteiger partial charge in [0.2, 0.25) is 5.82 Å². The van der Waals surface area contributed by atoms with Crippen LogP contribution in [-0.2, 0) is 4.74 Å². The van der Waals surface area contributed by atoms with Crippen molar-refractivity contribution in [3.05, 3.63) is 69.0 Å². The van der Waals surface area contributed by atoms with Crippen LogP contribution in [0.15, 0.2) is 42.5 Å². The Kier molecular flexibility index (Phi) is 6.03. The van der Waals surface area contributed by atoms with Gasteiger partial charge in [-0.25, -0.2) is 0 Å². The van der Waals surface area contributed by atoms with Gasteiger partial charge in [-0.05, 0) is 23.8 Å². The highest BCUT2D eigenvalue weighted by Gasteiger charge is 2.26. The van der Waals surface area contributed by atoms with Crippen molar-refractivity contribution in [3.8, 4) is 0 Å². The Morgan fingerprint density at radius 2 is 1.96 bits per heavy atom. The van der Waals surface area contributed by atoms with Crippen LogP contribution in [0.3, 0.4) is 0 Å². The molecule has 1 heterocycles. The van der Waals surface area contributed by atoms with Crippen molar-refractivity contribution in [3.63, 3.8) is 0 Å². The number of nitro benzene ring substituents is 1. The van der Waals surface area contributed by atoms with Crippen molar-refractivity contribution in [2.24, 2.45) is 0 Å². The van der Waals surface area contributed by atoms with Crippen LogP contribution < -0.4 is 5.32 Å². The fraction of sp³-hybridized carbons (Fsp3) is 0.333. The van der Waals surface area contributed by atoms with Gasteiger partial charge in [0.15, 0.2) is 0 Å². The zero-order chi connectivity index (χ0) is 18.5. The van der Waals surface area contributed by atoms with Crippen molar-refractivity contribution in [2.45, 2.75) is 6.04 Å². The van der Waals surface area contributed by atoms with Crippen LogP contribution in [0, 0.1) is 15.9 Å². The summed E-state index contributed by atoms with van der Waals surface area (Å²) in [7, 11) is 0. The van der Waals surface area contributed by atoms with Crippen molar-refractivity contribution in [2.75, 3.05) is 38.2 Å². The highest BCUT2D eigenvalue weighted by molar-refractivity contribution is 6.31. The summed E-state index contributed by atoms with van der Waals surface area (Å²) in [4.78, 5) is 12.7. The van der Waals surface area contributed by atoms with Gasteiger partial charge in [0.05, 0.1) is 24.2 Å². The van der Waals surface area contributed by atoms with Crippen molar-refractivity contribution in [1.82, 2.24) is 4.90 Å². The Morgan fingerprint density at radius 3 is 2.65 bits per heavy atom. The van der Waals surface area contributed by atoms with Gasteiger partial charge in [0.25, 0.3) is 0 Å². The molecule has 1 atom stereocenters. The summed E-state index contributed by atoms with van der Waals surface area (Å²) in [5, 5.41) is 14.9. The Morgan fingerprint density at radius 1 is 1.23 bits per heavy atom. The van der Waals surface area contributed by atoms with Gasteiger partial charge < -0.3 is 10.1 Å². The molecule has 0 aliphatic carbocycles. The van der Waals surface area contributed by atoms with Gasteiger partial charge in [0.1, 0.15) is 5.69 Å². The molecule has 1 N–H and O–H groups in total. The maximum Gasteiger partial charge on any atom is 0.327 e. The number of nitrogens with zero attached hydrogens (tertiary/aromatic N) is 2. The largest absolute Gasteiger partial charge is 0.379 e. The standard InChI is InChI=1S/C18H19ClFN3O3/c19-14-5-2-1-4-13(14)17(22-8-10-26-11-9-22)12-21-16-7-3-6-15(20)18(16)23(24)25/h1-7,17,21H,8-12H2/t17-/m1/s1. The molecule has 0 saturated carbocycles. The highest BCUT2D eigenvalue weighted by atomic mass is 35.5. The summed E-state index contributed by atoms with van der Waals surface area (Å²) in [6, 6.07) is 11.4. The minimum absolute atomic E-state index is 0.115. The quantitative estimate of drug-likeness (QED) is 0.609. The van der Waals surface area contributed by atoms with Crippen LogP contribution in [0.4, 0.5) is 15.8 Å². The maximum absolute atomic E-state index is 13.8. The van der Waals surface area contributed by atoms with E-state index in [0.717, 1.165) is 24.7 Å². The van der Waals surface area contributed by atoms with Gasteiger partial charge in [-0.3, -0.25) is 15.0 Å². The first-order valence-corrected chi connectivity index (χ1v) is 8.68. The molecule has 0 bridgehead atoms. The molecule has 1 fully saturated rings. The molecule has 0 aromatic heterocycles. The first-order chi connectivity index (χ1) is 12.6. The fourth-order valence-electron chi connectivity index (χ4n) is 3.12. The van der Waals surface area contributed by atoms with Gasteiger partial charge >= 0.3 is 5.69 Å². The Labute approximate surface area is 155 Å². The number of nitrogens with one attached hydrogen (secondary N) is 1. The minimum atomic E-state index is -0.860. The van der Waals surface area contributed by atoms with E-state index in [0.29, 0.717) is 24.8 Å². The second-order valence-corrected chi connectivity index (χ2v) is 6.37. The summed E-state index contributed by atoms with van der Waals surface area (Å²) in [5.41, 5.74) is 0.523. The molecule has 138 valence electrons. The average molecular weight is 380 g/mol. The third-order valence-corrected chi connectivity index (χ3v) is 4.75. The Hall–Kier alpha value is -2.22. The number of halogens is 2. The van der Waals surface area contributed by atoms with Gasteiger partial charge in [0, 0.05) is 24.7 Å². The zero-order valence-corrected chi connectivity index (χ0v) is 14.8. The molecule has 1 aliphatic heterocycles. The number of rotatable bonds is 6. The number of anilines is 1. The third kappa shape index (κ3) is 4.12. The molecular weight excluding hydrogens is 361 g/mol. The van der Waals surface area contributed by atoms with E-state index in [4.69, 9.17) is 16.3 Å². The topological polar surface area (TPSA) is 67.6 Å². The molecule has 1 saturated heterocycles.